The van der Waals surface area contributed by atoms with Gasteiger partial charge in [0.05, 0.1) is 12.3 Å². The SMILES string of the molecule is Nc1ccc2c(c1)N(CCO)C(=O)C(Cc1cccc(F)c1)O2. The zero-order valence-electron chi connectivity index (χ0n) is 12.4. The van der Waals surface area contributed by atoms with E-state index in [1.807, 2.05) is 0 Å². The Morgan fingerprint density at radius 2 is 2.09 bits per heavy atom. The number of nitrogens with zero attached hydrogens (tertiary/aromatic N) is 1. The first-order valence-electron chi connectivity index (χ1n) is 7.31. The Morgan fingerprint density at radius 3 is 2.83 bits per heavy atom. The summed E-state index contributed by atoms with van der Waals surface area (Å²) in [5.41, 5.74) is 7.48. The molecule has 0 fully saturated rings. The molecule has 0 bridgehead atoms. The van der Waals surface area contributed by atoms with Gasteiger partial charge in [0, 0.05) is 18.7 Å². The quantitative estimate of drug-likeness (QED) is 0.843. The fourth-order valence-corrected chi connectivity index (χ4v) is 2.68. The molecule has 1 atom stereocenters. The van der Waals surface area contributed by atoms with Crippen molar-refractivity contribution in [2.75, 3.05) is 23.8 Å². The van der Waals surface area contributed by atoms with E-state index in [1.165, 1.54) is 17.0 Å². The summed E-state index contributed by atoms with van der Waals surface area (Å²) in [5, 5.41) is 9.23. The highest BCUT2D eigenvalue weighted by Gasteiger charge is 2.34. The van der Waals surface area contributed by atoms with Crippen LogP contribution in [0.4, 0.5) is 15.8 Å². The van der Waals surface area contributed by atoms with E-state index >= 15 is 0 Å². The summed E-state index contributed by atoms with van der Waals surface area (Å²) >= 11 is 0. The van der Waals surface area contributed by atoms with Gasteiger partial charge in [0.1, 0.15) is 11.6 Å². The summed E-state index contributed by atoms with van der Waals surface area (Å²) in [6, 6.07) is 11.1. The molecule has 6 heteroatoms. The number of hydrogen-bond donors (Lipinski definition) is 2. The average Bonchev–Trinajstić information content (AvgIpc) is 2.52. The highest BCUT2D eigenvalue weighted by atomic mass is 19.1. The van der Waals surface area contributed by atoms with Gasteiger partial charge in [-0.3, -0.25) is 4.79 Å². The van der Waals surface area contributed by atoms with Crippen molar-refractivity contribution in [2.45, 2.75) is 12.5 Å². The first-order valence-corrected chi connectivity index (χ1v) is 7.31. The molecule has 0 aromatic heterocycles. The van der Waals surface area contributed by atoms with Crippen molar-refractivity contribution in [3.05, 3.63) is 53.8 Å². The molecule has 3 N–H and O–H groups in total. The van der Waals surface area contributed by atoms with Gasteiger partial charge in [0.15, 0.2) is 6.10 Å². The van der Waals surface area contributed by atoms with Crippen LogP contribution < -0.4 is 15.4 Å². The first kappa shape index (κ1) is 15.3. The lowest BCUT2D eigenvalue weighted by molar-refractivity contribution is -0.126. The van der Waals surface area contributed by atoms with E-state index in [-0.39, 0.29) is 31.3 Å². The summed E-state index contributed by atoms with van der Waals surface area (Å²) in [5.74, 6) is -0.110. The predicted octanol–water partition coefficient (Wildman–Crippen LogP) is 1.74. The van der Waals surface area contributed by atoms with Crippen LogP contribution in [0.1, 0.15) is 5.56 Å². The predicted molar refractivity (Wildman–Crippen MR) is 84.8 cm³/mol. The van der Waals surface area contributed by atoms with E-state index in [1.54, 1.807) is 30.3 Å². The Hall–Kier alpha value is -2.60. The maximum atomic E-state index is 13.3. The number of aliphatic hydroxyl groups is 1. The summed E-state index contributed by atoms with van der Waals surface area (Å²) < 4.78 is 19.1. The number of benzene rings is 2. The van der Waals surface area contributed by atoms with E-state index in [0.717, 1.165) is 0 Å². The second kappa shape index (κ2) is 6.26. The zero-order chi connectivity index (χ0) is 16.4. The molecule has 1 heterocycles. The summed E-state index contributed by atoms with van der Waals surface area (Å²) in [6.07, 6.45) is -0.512. The Kier molecular flexibility index (Phi) is 4.16. The van der Waals surface area contributed by atoms with Crippen LogP contribution in [0.2, 0.25) is 0 Å². The molecule has 2 aromatic rings. The Labute approximate surface area is 133 Å². The third kappa shape index (κ3) is 3.12. The van der Waals surface area contributed by atoms with Crippen LogP contribution in [0.5, 0.6) is 5.75 Å². The number of nitrogen functional groups attached to an aromatic ring is 1. The Bertz CT molecular complexity index is 736. The van der Waals surface area contributed by atoms with Crippen LogP contribution in [0.25, 0.3) is 0 Å². The van der Waals surface area contributed by atoms with Crippen molar-refractivity contribution in [3.8, 4) is 5.75 Å². The van der Waals surface area contributed by atoms with Gasteiger partial charge in [0.25, 0.3) is 5.91 Å². The molecule has 0 radical (unpaired) electrons. The number of aliphatic hydroxyl groups excluding tert-OH is 1. The van der Waals surface area contributed by atoms with Crippen LogP contribution >= 0.6 is 0 Å². The fraction of sp³-hybridized carbons (Fsp3) is 0.235. The van der Waals surface area contributed by atoms with E-state index in [4.69, 9.17) is 10.5 Å². The number of β-amino-alcohol motifs (C(OH)–C–C–N with tert-alkyl or cyclic N) is 1. The smallest absolute Gasteiger partial charge is 0.268 e. The van der Waals surface area contributed by atoms with Gasteiger partial charge < -0.3 is 20.5 Å². The number of nitrogens with two attached hydrogens (primary N) is 1. The standard InChI is InChI=1S/C17H17FN2O3/c18-12-3-1-2-11(8-12)9-16-17(22)20(6-7-21)14-10-13(19)4-5-15(14)23-16/h1-5,8,10,16,21H,6-7,9,19H2. The third-order valence-corrected chi connectivity index (χ3v) is 3.72. The molecule has 0 saturated heterocycles. The van der Waals surface area contributed by atoms with E-state index in [0.29, 0.717) is 22.7 Å². The van der Waals surface area contributed by atoms with Crippen molar-refractivity contribution in [1.29, 1.82) is 0 Å². The van der Waals surface area contributed by atoms with Gasteiger partial charge in [-0.2, -0.15) is 0 Å². The topological polar surface area (TPSA) is 75.8 Å². The van der Waals surface area contributed by atoms with Crippen molar-refractivity contribution >= 4 is 17.3 Å². The van der Waals surface area contributed by atoms with E-state index in [2.05, 4.69) is 0 Å². The third-order valence-electron chi connectivity index (χ3n) is 3.72. The van der Waals surface area contributed by atoms with Gasteiger partial charge in [0.2, 0.25) is 0 Å². The van der Waals surface area contributed by atoms with Crippen molar-refractivity contribution in [1.82, 2.24) is 0 Å². The highest BCUT2D eigenvalue weighted by molar-refractivity contribution is 6.00. The maximum Gasteiger partial charge on any atom is 0.268 e. The van der Waals surface area contributed by atoms with Crippen molar-refractivity contribution < 1.29 is 19.0 Å². The van der Waals surface area contributed by atoms with E-state index in [9.17, 15) is 14.3 Å². The van der Waals surface area contributed by atoms with Gasteiger partial charge in [-0.05, 0) is 35.9 Å². The maximum absolute atomic E-state index is 13.3. The van der Waals surface area contributed by atoms with Gasteiger partial charge >= 0.3 is 0 Å². The highest BCUT2D eigenvalue weighted by Crippen LogP contribution is 2.36. The molecule has 23 heavy (non-hydrogen) atoms. The molecule has 1 aliphatic heterocycles. The molecule has 3 rings (SSSR count). The van der Waals surface area contributed by atoms with Crippen molar-refractivity contribution in [3.63, 3.8) is 0 Å². The molecule has 120 valence electrons. The lowest BCUT2D eigenvalue weighted by Gasteiger charge is -2.34. The number of amides is 1. The Morgan fingerprint density at radius 1 is 1.26 bits per heavy atom. The van der Waals surface area contributed by atoms with E-state index < -0.39 is 6.10 Å². The largest absolute Gasteiger partial charge is 0.478 e. The number of fused-ring (bicyclic) bond motifs is 1. The van der Waals surface area contributed by atoms with Gasteiger partial charge in [-0.1, -0.05) is 12.1 Å². The van der Waals surface area contributed by atoms with Crippen LogP contribution in [0, 0.1) is 5.82 Å². The van der Waals surface area contributed by atoms with Crippen LogP contribution in [0.3, 0.4) is 0 Å². The molecule has 0 saturated carbocycles. The zero-order valence-corrected chi connectivity index (χ0v) is 12.4. The van der Waals surface area contributed by atoms with Gasteiger partial charge in [-0.15, -0.1) is 0 Å². The van der Waals surface area contributed by atoms with Crippen LogP contribution in [-0.2, 0) is 11.2 Å². The number of rotatable bonds is 4. The summed E-state index contributed by atoms with van der Waals surface area (Å²) in [6.45, 7) is -0.0229. The molecular weight excluding hydrogens is 299 g/mol. The number of halogens is 1. The first-order chi connectivity index (χ1) is 11.1. The van der Waals surface area contributed by atoms with Crippen LogP contribution in [0.15, 0.2) is 42.5 Å². The van der Waals surface area contributed by atoms with Crippen LogP contribution in [-0.4, -0.2) is 30.3 Å². The Balaban J connectivity index is 1.91. The lowest BCUT2D eigenvalue weighted by Crippen LogP contribution is -2.48. The molecule has 1 amide bonds. The average molecular weight is 316 g/mol. The van der Waals surface area contributed by atoms with Crippen molar-refractivity contribution in [2.24, 2.45) is 0 Å². The number of anilines is 2. The molecule has 5 nitrogen and oxygen atoms in total. The number of hydrogen-bond acceptors (Lipinski definition) is 4. The summed E-state index contributed by atoms with van der Waals surface area (Å²) in [4.78, 5) is 14.1. The normalized spacial score (nSPS) is 16.9. The number of carbonyl (C=O) groups is 1. The second-order valence-electron chi connectivity index (χ2n) is 5.38. The monoisotopic (exact) mass is 316 g/mol. The molecule has 0 aliphatic carbocycles. The molecular formula is C17H17FN2O3. The fourth-order valence-electron chi connectivity index (χ4n) is 2.68. The molecule has 2 aromatic carbocycles. The molecule has 1 aliphatic rings. The lowest BCUT2D eigenvalue weighted by atomic mass is 10.0. The minimum Gasteiger partial charge on any atom is -0.478 e. The molecule has 0 spiro atoms. The second-order valence-corrected chi connectivity index (χ2v) is 5.38. The minimum atomic E-state index is -0.764. The summed E-state index contributed by atoms with van der Waals surface area (Å²) in [7, 11) is 0. The molecule has 1 unspecified atom stereocenters. The minimum absolute atomic E-state index is 0.151. The number of ether oxygens (including phenoxy) is 1. The number of carbonyl (C=O) groups excluding carboxylic acids is 1. The van der Waals surface area contributed by atoms with Gasteiger partial charge in [-0.25, -0.2) is 4.39 Å².